The van der Waals surface area contributed by atoms with Gasteiger partial charge in [-0.25, -0.2) is 9.29 Å². The molecule has 32 heavy (non-hydrogen) atoms. The van der Waals surface area contributed by atoms with E-state index < -0.39 is 17.6 Å². The second-order valence-electron chi connectivity index (χ2n) is 7.31. The summed E-state index contributed by atoms with van der Waals surface area (Å²) in [6.07, 6.45) is 0. The van der Waals surface area contributed by atoms with Crippen LogP contribution in [0.15, 0.2) is 96.7 Å². The highest BCUT2D eigenvalue weighted by Gasteiger charge is 2.41. The molecule has 0 saturated carbocycles. The fourth-order valence-electron chi connectivity index (χ4n) is 3.85. The highest BCUT2D eigenvalue weighted by Crippen LogP contribution is 2.36. The number of halogens is 2. The van der Waals surface area contributed by atoms with Crippen LogP contribution < -0.4 is 10.2 Å². The molecule has 5 rings (SSSR count). The molecule has 1 aliphatic heterocycles. The van der Waals surface area contributed by atoms with Crippen molar-refractivity contribution < 1.29 is 14.0 Å². The number of fused-ring (bicyclic) bond motifs is 1. The van der Waals surface area contributed by atoms with Crippen LogP contribution in [0, 0.1) is 5.82 Å². The van der Waals surface area contributed by atoms with E-state index in [1.54, 1.807) is 30.3 Å². The van der Waals surface area contributed by atoms with Crippen molar-refractivity contribution in [3.63, 3.8) is 0 Å². The van der Waals surface area contributed by atoms with Crippen LogP contribution in [0.4, 0.5) is 15.8 Å². The van der Waals surface area contributed by atoms with Crippen LogP contribution in [-0.4, -0.2) is 11.8 Å². The van der Waals surface area contributed by atoms with Crippen molar-refractivity contribution in [3.05, 3.63) is 113 Å². The third kappa shape index (κ3) is 3.33. The van der Waals surface area contributed by atoms with Crippen LogP contribution >= 0.6 is 11.6 Å². The molecule has 0 radical (unpaired) electrons. The Labute approximate surface area is 188 Å². The number of carbonyl (C=O) groups is 2. The van der Waals surface area contributed by atoms with Crippen LogP contribution in [-0.2, 0) is 9.59 Å². The highest BCUT2D eigenvalue weighted by atomic mass is 35.5. The summed E-state index contributed by atoms with van der Waals surface area (Å²) in [6, 6.07) is 25.7. The Morgan fingerprint density at radius 1 is 0.750 bits per heavy atom. The molecule has 6 heteroatoms. The maximum absolute atomic E-state index is 14.5. The van der Waals surface area contributed by atoms with Crippen molar-refractivity contribution in [2.75, 3.05) is 10.2 Å². The Kier molecular flexibility index (Phi) is 4.96. The van der Waals surface area contributed by atoms with Crippen LogP contribution in [0.25, 0.3) is 16.3 Å². The Morgan fingerprint density at radius 3 is 2.22 bits per heavy atom. The second-order valence-corrected chi connectivity index (χ2v) is 7.74. The van der Waals surface area contributed by atoms with Crippen LogP contribution in [0.1, 0.15) is 5.56 Å². The van der Waals surface area contributed by atoms with Gasteiger partial charge in [0.05, 0.1) is 11.3 Å². The Balaban J connectivity index is 1.68. The summed E-state index contributed by atoms with van der Waals surface area (Å²) >= 11 is 6.02. The van der Waals surface area contributed by atoms with Gasteiger partial charge in [0.15, 0.2) is 0 Å². The average molecular weight is 443 g/mol. The summed E-state index contributed by atoms with van der Waals surface area (Å²) in [5.41, 5.74) is 1.32. The van der Waals surface area contributed by atoms with Gasteiger partial charge >= 0.3 is 0 Å². The molecular weight excluding hydrogens is 427 g/mol. The zero-order valence-corrected chi connectivity index (χ0v) is 17.4. The molecular formula is C26H16ClFN2O2. The molecule has 1 aliphatic rings. The van der Waals surface area contributed by atoms with Crippen molar-refractivity contribution >= 4 is 51.1 Å². The van der Waals surface area contributed by atoms with E-state index >= 15 is 0 Å². The Hall–Kier alpha value is -3.96. The lowest BCUT2D eigenvalue weighted by Gasteiger charge is -2.16. The summed E-state index contributed by atoms with van der Waals surface area (Å²) in [4.78, 5) is 27.7. The van der Waals surface area contributed by atoms with E-state index in [1.165, 1.54) is 18.2 Å². The van der Waals surface area contributed by atoms with E-state index in [0.29, 0.717) is 16.3 Å². The molecule has 0 fully saturated rings. The van der Waals surface area contributed by atoms with Crippen LogP contribution in [0.5, 0.6) is 0 Å². The zero-order chi connectivity index (χ0) is 22.2. The number of carbonyl (C=O) groups excluding carboxylic acids is 2. The molecule has 0 saturated heterocycles. The zero-order valence-electron chi connectivity index (χ0n) is 16.7. The van der Waals surface area contributed by atoms with Crippen LogP contribution in [0.2, 0.25) is 5.02 Å². The van der Waals surface area contributed by atoms with E-state index in [9.17, 15) is 14.0 Å². The van der Waals surface area contributed by atoms with E-state index in [4.69, 9.17) is 11.6 Å². The number of amides is 2. The first kappa shape index (κ1) is 20.0. The first-order valence-corrected chi connectivity index (χ1v) is 10.3. The molecule has 4 aromatic carbocycles. The molecule has 4 nitrogen and oxygen atoms in total. The van der Waals surface area contributed by atoms with Gasteiger partial charge in [-0.15, -0.1) is 0 Å². The lowest BCUT2D eigenvalue weighted by atomic mass is 10.0. The van der Waals surface area contributed by atoms with Gasteiger partial charge in [-0.1, -0.05) is 72.3 Å². The molecule has 0 bridgehead atoms. The van der Waals surface area contributed by atoms with Crippen molar-refractivity contribution in [1.29, 1.82) is 0 Å². The van der Waals surface area contributed by atoms with Crippen LogP contribution in [0.3, 0.4) is 0 Å². The van der Waals surface area contributed by atoms with Gasteiger partial charge in [-0.05, 0) is 41.3 Å². The predicted molar refractivity (Wildman–Crippen MR) is 125 cm³/mol. The smallest absolute Gasteiger partial charge is 0.282 e. The molecule has 0 unspecified atom stereocenters. The van der Waals surface area contributed by atoms with E-state index in [1.807, 2.05) is 42.5 Å². The van der Waals surface area contributed by atoms with E-state index in [0.717, 1.165) is 15.7 Å². The first-order valence-electron chi connectivity index (χ1n) is 9.93. The third-order valence-corrected chi connectivity index (χ3v) is 5.61. The fraction of sp³-hybridized carbons (Fsp3) is 0. The number of hydrogen-bond acceptors (Lipinski definition) is 3. The van der Waals surface area contributed by atoms with Gasteiger partial charge in [-0.2, -0.15) is 0 Å². The number of benzene rings is 4. The van der Waals surface area contributed by atoms with Crippen molar-refractivity contribution in [3.8, 4) is 0 Å². The standard InChI is InChI=1S/C26H16ClFN2O2/c27-18-14-12-17(13-15-18)23-24(29-21-10-5-7-16-6-1-2-8-19(16)21)26(32)30(25(23)31)22-11-4-3-9-20(22)28/h1-15,29H. The topological polar surface area (TPSA) is 49.4 Å². The van der Waals surface area contributed by atoms with E-state index in [-0.39, 0.29) is 17.0 Å². The van der Waals surface area contributed by atoms with Crippen molar-refractivity contribution in [2.24, 2.45) is 0 Å². The Bertz CT molecular complexity index is 1410. The summed E-state index contributed by atoms with van der Waals surface area (Å²) in [6.45, 7) is 0. The predicted octanol–water partition coefficient (Wildman–Crippen LogP) is 6.03. The number of nitrogens with one attached hydrogen (secondary N) is 1. The highest BCUT2D eigenvalue weighted by molar-refractivity contribution is 6.46. The quantitative estimate of drug-likeness (QED) is 0.393. The third-order valence-electron chi connectivity index (χ3n) is 5.36. The van der Waals surface area contributed by atoms with Gasteiger partial charge in [0.2, 0.25) is 0 Å². The van der Waals surface area contributed by atoms with Crippen molar-refractivity contribution in [1.82, 2.24) is 0 Å². The monoisotopic (exact) mass is 442 g/mol. The molecule has 156 valence electrons. The molecule has 1 heterocycles. The summed E-state index contributed by atoms with van der Waals surface area (Å²) < 4.78 is 14.5. The fourth-order valence-corrected chi connectivity index (χ4v) is 3.98. The second kappa shape index (κ2) is 7.94. The Morgan fingerprint density at radius 2 is 1.44 bits per heavy atom. The normalized spacial score (nSPS) is 13.9. The summed E-state index contributed by atoms with van der Waals surface area (Å²) in [7, 11) is 0. The van der Waals surface area contributed by atoms with Gasteiger partial charge < -0.3 is 5.32 Å². The number of nitrogens with zero attached hydrogens (tertiary/aromatic N) is 1. The molecule has 0 aliphatic carbocycles. The van der Waals surface area contributed by atoms with Gasteiger partial charge in [0, 0.05) is 16.1 Å². The average Bonchev–Trinajstić information content (AvgIpc) is 3.04. The molecule has 4 aromatic rings. The minimum atomic E-state index is -0.656. The number of anilines is 2. The minimum absolute atomic E-state index is 0.0805. The molecule has 0 spiro atoms. The number of hydrogen-bond donors (Lipinski definition) is 1. The SMILES string of the molecule is O=C1C(Nc2cccc3ccccc23)=C(c2ccc(Cl)cc2)C(=O)N1c1ccccc1F. The van der Waals surface area contributed by atoms with Gasteiger partial charge in [-0.3, -0.25) is 9.59 Å². The maximum Gasteiger partial charge on any atom is 0.282 e. The number of para-hydroxylation sites is 1. The lowest BCUT2D eigenvalue weighted by Crippen LogP contribution is -2.33. The van der Waals surface area contributed by atoms with Gasteiger partial charge in [0.25, 0.3) is 11.8 Å². The van der Waals surface area contributed by atoms with E-state index in [2.05, 4.69) is 5.32 Å². The molecule has 0 aromatic heterocycles. The summed E-state index contributed by atoms with van der Waals surface area (Å²) in [5.74, 6) is -1.89. The van der Waals surface area contributed by atoms with Crippen molar-refractivity contribution in [2.45, 2.75) is 0 Å². The number of imide groups is 1. The first-order chi connectivity index (χ1) is 15.5. The van der Waals surface area contributed by atoms with Gasteiger partial charge in [0.1, 0.15) is 11.5 Å². The minimum Gasteiger partial charge on any atom is -0.350 e. The lowest BCUT2D eigenvalue weighted by molar-refractivity contribution is -0.120. The molecule has 0 atom stereocenters. The maximum atomic E-state index is 14.5. The summed E-state index contributed by atoms with van der Waals surface area (Å²) in [5, 5.41) is 5.53. The molecule has 2 amide bonds. The number of rotatable bonds is 4. The molecule has 1 N–H and O–H groups in total. The largest absolute Gasteiger partial charge is 0.350 e.